The molecule has 0 unspecified atom stereocenters. The summed E-state index contributed by atoms with van der Waals surface area (Å²) < 4.78 is 31.5. The number of carbonyl (C=O) groups excluding carboxylic acids is 1. The van der Waals surface area contributed by atoms with Gasteiger partial charge in [0.25, 0.3) is 0 Å². The first kappa shape index (κ1) is 17.3. The summed E-state index contributed by atoms with van der Waals surface area (Å²) >= 11 is 0. The number of nitrogens with zero attached hydrogens (tertiary/aromatic N) is 1. The molecule has 0 atom stereocenters. The Labute approximate surface area is 149 Å². The fourth-order valence-electron chi connectivity index (χ4n) is 2.38. The molecule has 0 aliphatic rings. The number of rotatable bonds is 5. The molecule has 0 N–H and O–H groups in total. The van der Waals surface area contributed by atoms with Crippen LogP contribution in [0.1, 0.15) is 15.9 Å². The van der Waals surface area contributed by atoms with Gasteiger partial charge in [-0.3, -0.25) is 4.79 Å². The zero-order valence-electron chi connectivity index (χ0n) is 13.6. The summed E-state index contributed by atoms with van der Waals surface area (Å²) in [5.41, 5.74) is 2.53. The summed E-state index contributed by atoms with van der Waals surface area (Å²) in [6.45, 7) is -0.277. The van der Waals surface area contributed by atoms with E-state index in [1.165, 1.54) is 6.07 Å². The number of hydrogen-bond acceptors (Lipinski definition) is 3. The average Bonchev–Trinajstić information content (AvgIpc) is 2.68. The molecule has 0 radical (unpaired) electrons. The van der Waals surface area contributed by atoms with Crippen molar-refractivity contribution in [1.29, 1.82) is 5.26 Å². The van der Waals surface area contributed by atoms with E-state index in [2.05, 4.69) is 6.07 Å². The molecule has 0 aliphatic carbocycles. The fourth-order valence-corrected chi connectivity index (χ4v) is 2.38. The lowest BCUT2D eigenvalue weighted by Crippen LogP contribution is -2.12. The standard InChI is InChI=1S/C21H13F2NO2/c22-19-10-7-17(11-20(19)23)21(25)13-26-18-8-5-16(6-9-18)15-3-1-14(12-24)2-4-15/h1-11H,13H2. The van der Waals surface area contributed by atoms with E-state index in [1.807, 2.05) is 24.3 Å². The molecule has 0 saturated heterocycles. The number of nitriles is 1. The maximum atomic E-state index is 13.2. The number of carbonyl (C=O) groups is 1. The largest absolute Gasteiger partial charge is 0.485 e. The lowest BCUT2D eigenvalue weighted by atomic mass is 10.0. The van der Waals surface area contributed by atoms with Crippen LogP contribution in [0.15, 0.2) is 66.7 Å². The zero-order valence-corrected chi connectivity index (χ0v) is 13.6. The predicted molar refractivity (Wildman–Crippen MR) is 92.8 cm³/mol. The molecule has 3 nitrogen and oxygen atoms in total. The summed E-state index contributed by atoms with van der Waals surface area (Å²) in [6.07, 6.45) is 0. The number of ether oxygens (including phenoxy) is 1. The Morgan fingerprint density at radius 3 is 2.08 bits per heavy atom. The molecule has 3 rings (SSSR count). The van der Waals surface area contributed by atoms with Crippen molar-refractivity contribution in [1.82, 2.24) is 0 Å². The minimum Gasteiger partial charge on any atom is -0.485 e. The monoisotopic (exact) mass is 349 g/mol. The van der Waals surface area contributed by atoms with Gasteiger partial charge in [-0.15, -0.1) is 0 Å². The first-order valence-electron chi connectivity index (χ1n) is 7.78. The van der Waals surface area contributed by atoms with Crippen molar-refractivity contribution in [2.24, 2.45) is 0 Å². The number of benzene rings is 3. The van der Waals surface area contributed by atoms with Crippen LogP contribution in [-0.2, 0) is 0 Å². The quantitative estimate of drug-likeness (QED) is 0.624. The van der Waals surface area contributed by atoms with E-state index >= 15 is 0 Å². The first-order valence-corrected chi connectivity index (χ1v) is 7.78. The lowest BCUT2D eigenvalue weighted by Gasteiger charge is -2.07. The van der Waals surface area contributed by atoms with E-state index in [4.69, 9.17) is 10.00 Å². The van der Waals surface area contributed by atoms with E-state index < -0.39 is 17.4 Å². The van der Waals surface area contributed by atoms with Gasteiger partial charge in [-0.25, -0.2) is 8.78 Å². The van der Waals surface area contributed by atoms with E-state index in [0.717, 1.165) is 23.3 Å². The third-order valence-corrected chi connectivity index (χ3v) is 3.81. The minimum atomic E-state index is -1.07. The van der Waals surface area contributed by atoms with Crippen LogP contribution in [0, 0.1) is 23.0 Å². The number of ketones is 1. The maximum absolute atomic E-state index is 13.2. The van der Waals surface area contributed by atoms with Crippen molar-refractivity contribution in [3.63, 3.8) is 0 Å². The molecule has 0 spiro atoms. The molecular weight excluding hydrogens is 336 g/mol. The van der Waals surface area contributed by atoms with Crippen LogP contribution in [0.5, 0.6) is 5.75 Å². The van der Waals surface area contributed by atoms with Gasteiger partial charge in [-0.1, -0.05) is 24.3 Å². The summed E-state index contributed by atoms with van der Waals surface area (Å²) in [6, 6.07) is 19.3. The van der Waals surface area contributed by atoms with Crippen molar-refractivity contribution in [3.05, 3.63) is 89.5 Å². The van der Waals surface area contributed by atoms with Crippen LogP contribution in [0.4, 0.5) is 8.78 Å². The SMILES string of the molecule is N#Cc1ccc(-c2ccc(OCC(=O)c3ccc(F)c(F)c3)cc2)cc1. The second-order valence-corrected chi connectivity index (χ2v) is 5.55. The molecule has 0 aromatic heterocycles. The van der Waals surface area contributed by atoms with E-state index in [1.54, 1.807) is 24.3 Å². The highest BCUT2D eigenvalue weighted by Gasteiger charge is 2.10. The molecule has 3 aromatic rings. The fraction of sp³-hybridized carbons (Fsp3) is 0.0476. The van der Waals surface area contributed by atoms with Crippen LogP contribution in [0.25, 0.3) is 11.1 Å². The van der Waals surface area contributed by atoms with E-state index in [9.17, 15) is 13.6 Å². The molecule has 0 aliphatic heterocycles. The topological polar surface area (TPSA) is 50.1 Å². The second kappa shape index (κ2) is 7.58. The molecule has 5 heteroatoms. The molecule has 0 heterocycles. The molecule has 0 bridgehead atoms. The number of Topliss-reactive ketones (excluding diaryl/α,β-unsaturated/α-hetero) is 1. The van der Waals surface area contributed by atoms with Gasteiger partial charge < -0.3 is 4.74 Å². The highest BCUT2D eigenvalue weighted by atomic mass is 19.2. The van der Waals surface area contributed by atoms with Gasteiger partial charge in [0, 0.05) is 5.56 Å². The van der Waals surface area contributed by atoms with Crippen molar-refractivity contribution < 1.29 is 18.3 Å². The van der Waals surface area contributed by atoms with Gasteiger partial charge in [0.2, 0.25) is 0 Å². The Morgan fingerprint density at radius 2 is 1.50 bits per heavy atom. The Kier molecular flexibility index (Phi) is 5.04. The van der Waals surface area contributed by atoms with Gasteiger partial charge in [-0.2, -0.15) is 5.26 Å². The van der Waals surface area contributed by atoms with E-state index in [0.29, 0.717) is 11.3 Å². The molecule has 3 aromatic carbocycles. The highest BCUT2D eigenvalue weighted by molar-refractivity contribution is 5.97. The van der Waals surface area contributed by atoms with Gasteiger partial charge in [0.1, 0.15) is 5.75 Å². The molecule has 26 heavy (non-hydrogen) atoms. The second-order valence-electron chi connectivity index (χ2n) is 5.55. The van der Waals surface area contributed by atoms with Crippen LogP contribution >= 0.6 is 0 Å². The summed E-state index contributed by atoms with van der Waals surface area (Å²) in [7, 11) is 0. The third-order valence-electron chi connectivity index (χ3n) is 3.81. The summed E-state index contributed by atoms with van der Waals surface area (Å²) in [5, 5.41) is 8.82. The van der Waals surface area contributed by atoms with Crippen molar-refractivity contribution >= 4 is 5.78 Å². The Morgan fingerprint density at radius 1 is 0.885 bits per heavy atom. The molecule has 0 amide bonds. The lowest BCUT2D eigenvalue weighted by molar-refractivity contribution is 0.0921. The van der Waals surface area contributed by atoms with Crippen molar-refractivity contribution in [3.8, 4) is 22.9 Å². The van der Waals surface area contributed by atoms with Crippen LogP contribution < -0.4 is 4.74 Å². The Hall–Kier alpha value is -3.52. The predicted octanol–water partition coefficient (Wildman–Crippen LogP) is 4.77. The van der Waals surface area contributed by atoms with Gasteiger partial charge in [-0.05, 0) is 53.6 Å². The summed E-state index contributed by atoms with van der Waals surface area (Å²) in [4.78, 5) is 12.0. The molecule has 128 valence electrons. The normalized spacial score (nSPS) is 10.2. The third kappa shape index (κ3) is 3.93. The van der Waals surface area contributed by atoms with Gasteiger partial charge in [0.05, 0.1) is 11.6 Å². The van der Waals surface area contributed by atoms with Crippen molar-refractivity contribution in [2.75, 3.05) is 6.61 Å². The smallest absolute Gasteiger partial charge is 0.200 e. The molecule has 0 fully saturated rings. The Bertz CT molecular complexity index is 974. The van der Waals surface area contributed by atoms with E-state index in [-0.39, 0.29) is 12.2 Å². The van der Waals surface area contributed by atoms with Gasteiger partial charge >= 0.3 is 0 Å². The maximum Gasteiger partial charge on any atom is 0.200 e. The average molecular weight is 349 g/mol. The zero-order chi connectivity index (χ0) is 18.5. The van der Waals surface area contributed by atoms with Crippen LogP contribution in [0.2, 0.25) is 0 Å². The van der Waals surface area contributed by atoms with Gasteiger partial charge in [0.15, 0.2) is 24.0 Å². The van der Waals surface area contributed by atoms with Crippen LogP contribution in [0.3, 0.4) is 0 Å². The first-order chi connectivity index (χ1) is 12.6. The van der Waals surface area contributed by atoms with Crippen LogP contribution in [-0.4, -0.2) is 12.4 Å². The number of halogens is 2. The van der Waals surface area contributed by atoms with Crippen molar-refractivity contribution in [2.45, 2.75) is 0 Å². The Balaban J connectivity index is 1.64. The minimum absolute atomic E-state index is 0.0538. The number of hydrogen-bond donors (Lipinski definition) is 0. The summed E-state index contributed by atoms with van der Waals surface area (Å²) in [5.74, 6) is -2.03. The highest BCUT2D eigenvalue weighted by Crippen LogP contribution is 2.23. The molecular formula is C21H13F2NO2. The molecule has 0 saturated carbocycles.